The normalized spacial score (nSPS) is 17.3. The SMILES string of the molecule is N#Cc1ccccc1CS(=O)(=O)Nc1ccc(N2CCOCC2)cc1N1CCOCC1. The van der Waals surface area contributed by atoms with Crippen LogP contribution in [0.2, 0.25) is 0 Å². The molecule has 4 rings (SSSR count). The van der Waals surface area contributed by atoms with Crippen molar-refractivity contribution in [3.63, 3.8) is 0 Å². The standard InChI is InChI=1S/C22H26N4O4S/c23-16-18-3-1-2-4-19(18)17-31(27,28)24-21-6-5-20(25-7-11-29-12-8-25)15-22(21)26-9-13-30-14-10-26/h1-6,15,24H,7-14,17H2. The second-order valence-electron chi connectivity index (χ2n) is 7.53. The Hall–Kier alpha value is -2.80. The molecule has 31 heavy (non-hydrogen) atoms. The summed E-state index contributed by atoms with van der Waals surface area (Å²) in [5, 5.41) is 9.28. The monoisotopic (exact) mass is 442 g/mol. The molecule has 0 atom stereocenters. The lowest BCUT2D eigenvalue weighted by atomic mass is 10.1. The first-order chi connectivity index (χ1) is 15.1. The third-order valence-electron chi connectivity index (χ3n) is 5.46. The molecule has 0 aromatic heterocycles. The highest BCUT2D eigenvalue weighted by atomic mass is 32.2. The van der Waals surface area contributed by atoms with Crippen LogP contribution in [0.4, 0.5) is 17.1 Å². The van der Waals surface area contributed by atoms with E-state index in [2.05, 4.69) is 20.6 Å². The zero-order valence-corrected chi connectivity index (χ0v) is 18.1. The Labute approximate surface area is 183 Å². The van der Waals surface area contributed by atoms with Gasteiger partial charge in [-0.1, -0.05) is 18.2 Å². The summed E-state index contributed by atoms with van der Waals surface area (Å²) >= 11 is 0. The Balaban J connectivity index is 1.62. The molecule has 2 aromatic rings. The van der Waals surface area contributed by atoms with Crippen LogP contribution in [0.25, 0.3) is 0 Å². The molecular formula is C22H26N4O4S. The Kier molecular flexibility index (Phi) is 6.61. The summed E-state index contributed by atoms with van der Waals surface area (Å²) in [4.78, 5) is 4.39. The van der Waals surface area contributed by atoms with E-state index >= 15 is 0 Å². The molecule has 2 heterocycles. The molecule has 9 heteroatoms. The summed E-state index contributed by atoms with van der Waals surface area (Å²) in [7, 11) is -3.71. The van der Waals surface area contributed by atoms with Crippen molar-refractivity contribution in [1.82, 2.24) is 0 Å². The van der Waals surface area contributed by atoms with Crippen LogP contribution in [0, 0.1) is 11.3 Å². The smallest absolute Gasteiger partial charge is 0.237 e. The maximum absolute atomic E-state index is 13.0. The summed E-state index contributed by atoms with van der Waals surface area (Å²) in [5.41, 5.74) is 3.26. The molecule has 0 bridgehead atoms. The minimum absolute atomic E-state index is 0.259. The van der Waals surface area contributed by atoms with Gasteiger partial charge < -0.3 is 19.3 Å². The number of benzene rings is 2. The predicted molar refractivity (Wildman–Crippen MR) is 120 cm³/mol. The molecule has 1 N–H and O–H groups in total. The van der Waals surface area contributed by atoms with Crippen LogP contribution in [0.3, 0.4) is 0 Å². The molecular weight excluding hydrogens is 416 g/mol. The number of hydrogen-bond donors (Lipinski definition) is 1. The highest BCUT2D eigenvalue weighted by molar-refractivity contribution is 7.91. The number of anilines is 3. The van der Waals surface area contributed by atoms with E-state index in [1.54, 1.807) is 24.3 Å². The maximum atomic E-state index is 13.0. The van der Waals surface area contributed by atoms with Gasteiger partial charge in [0.1, 0.15) is 0 Å². The minimum Gasteiger partial charge on any atom is -0.378 e. The number of nitrogens with zero attached hydrogens (tertiary/aromatic N) is 3. The summed E-state index contributed by atoms with van der Waals surface area (Å²) < 4.78 is 39.6. The van der Waals surface area contributed by atoms with Crippen LogP contribution in [-0.2, 0) is 25.2 Å². The van der Waals surface area contributed by atoms with Crippen LogP contribution in [0.1, 0.15) is 11.1 Å². The van der Waals surface area contributed by atoms with Crippen LogP contribution in [0.5, 0.6) is 0 Å². The molecule has 0 spiro atoms. The molecule has 2 aliphatic heterocycles. The van der Waals surface area contributed by atoms with Crippen molar-refractivity contribution in [1.29, 1.82) is 5.26 Å². The van der Waals surface area contributed by atoms with E-state index in [0.29, 0.717) is 56.3 Å². The summed E-state index contributed by atoms with van der Waals surface area (Å²) in [5.74, 6) is -0.259. The number of nitriles is 1. The van der Waals surface area contributed by atoms with E-state index in [0.717, 1.165) is 24.5 Å². The molecule has 2 fully saturated rings. The number of ether oxygens (including phenoxy) is 2. The zero-order chi connectivity index (χ0) is 21.7. The molecule has 0 aliphatic carbocycles. The van der Waals surface area contributed by atoms with Gasteiger partial charge in [-0.3, -0.25) is 4.72 Å². The first kappa shape index (κ1) is 21.4. The summed E-state index contributed by atoms with van der Waals surface area (Å²) in [6.45, 7) is 5.56. The van der Waals surface area contributed by atoms with Gasteiger partial charge in [0.2, 0.25) is 10.0 Å². The number of hydrogen-bond acceptors (Lipinski definition) is 7. The Bertz CT molecular complexity index is 1060. The van der Waals surface area contributed by atoms with Crippen molar-refractivity contribution in [2.24, 2.45) is 0 Å². The Morgan fingerprint density at radius 2 is 1.58 bits per heavy atom. The van der Waals surface area contributed by atoms with Gasteiger partial charge in [-0.25, -0.2) is 8.42 Å². The van der Waals surface area contributed by atoms with Gasteiger partial charge in [0.05, 0.1) is 55.2 Å². The largest absolute Gasteiger partial charge is 0.378 e. The average Bonchev–Trinajstić information content (AvgIpc) is 2.80. The van der Waals surface area contributed by atoms with Gasteiger partial charge in [-0.15, -0.1) is 0 Å². The lowest BCUT2D eigenvalue weighted by Crippen LogP contribution is -2.38. The highest BCUT2D eigenvalue weighted by Crippen LogP contribution is 2.33. The van der Waals surface area contributed by atoms with Crippen LogP contribution >= 0.6 is 0 Å². The van der Waals surface area contributed by atoms with Gasteiger partial charge >= 0.3 is 0 Å². The second kappa shape index (κ2) is 9.56. The van der Waals surface area contributed by atoms with E-state index in [9.17, 15) is 13.7 Å². The molecule has 8 nitrogen and oxygen atoms in total. The summed E-state index contributed by atoms with van der Waals surface area (Å²) in [6.07, 6.45) is 0. The molecule has 2 aliphatic rings. The quantitative estimate of drug-likeness (QED) is 0.733. The van der Waals surface area contributed by atoms with Crippen LogP contribution < -0.4 is 14.5 Å². The van der Waals surface area contributed by atoms with Crippen molar-refractivity contribution in [3.05, 3.63) is 53.6 Å². The molecule has 0 unspecified atom stereocenters. The number of nitrogens with one attached hydrogen (secondary N) is 1. The zero-order valence-electron chi connectivity index (χ0n) is 17.3. The molecule has 0 amide bonds. The average molecular weight is 443 g/mol. The highest BCUT2D eigenvalue weighted by Gasteiger charge is 2.22. The molecule has 164 valence electrons. The van der Waals surface area contributed by atoms with Gasteiger partial charge in [0, 0.05) is 31.9 Å². The van der Waals surface area contributed by atoms with Crippen molar-refractivity contribution in [2.75, 3.05) is 67.1 Å². The van der Waals surface area contributed by atoms with Crippen molar-refractivity contribution >= 4 is 27.1 Å². The second-order valence-corrected chi connectivity index (χ2v) is 9.25. The first-order valence-corrected chi connectivity index (χ1v) is 12.0. The third-order valence-corrected chi connectivity index (χ3v) is 6.68. The lowest BCUT2D eigenvalue weighted by Gasteiger charge is -2.33. The number of morpholine rings is 2. The van der Waals surface area contributed by atoms with Crippen LogP contribution in [0.15, 0.2) is 42.5 Å². The molecule has 0 saturated carbocycles. The van der Waals surface area contributed by atoms with E-state index in [4.69, 9.17) is 9.47 Å². The number of rotatable bonds is 6. The van der Waals surface area contributed by atoms with Crippen LogP contribution in [-0.4, -0.2) is 61.0 Å². The fraction of sp³-hybridized carbons (Fsp3) is 0.409. The van der Waals surface area contributed by atoms with Gasteiger partial charge in [-0.2, -0.15) is 5.26 Å². The van der Waals surface area contributed by atoms with E-state index in [1.165, 1.54) is 0 Å². The summed E-state index contributed by atoms with van der Waals surface area (Å²) in [6, 6.07) is 14.6. The fourth-order valence-corrected chi connectivity index (χ4v) is 5.10. The van der Waals surface area contributed by atoms with E-state index in [-0.39, 0.29) is 5.75 Å². The Morgan fingerprint density at radius 1 is 0.935 bits per heavy atom. The van der Waals surface area contributed by atoms with E-state index < -0.39 is 10.0 Å². The van der Waals surface area contributed by atoms with Crippen molar-refractivity contribution < 1.29 is 17.9 Å². The maximum Gasteiger partial charge on any atom is 0.237 e. The fourth-order valence-electron chi connectivity index (χ4n) is 3.85. The molecule has 2 saturated heterocycles. The molecule has 2 aromatic carbocycles. The molecule has 0 radical (unpaired) electrons. The topological polar surface area (TPSA) is 94.9 Å². The van der Waals surface area contributed by atoms with Gasteiger partial charge in [-0.05, 0) is 29.8 Å². The third kappa shape index (κ3) is 5.28. The van der Waals surface area contributed by atoms with Gasteiger partial charge in [0.15, 0.2) is 0 Å². The Morgan fingerprint density at radius 3 is 2.26 bits per heavy atom. The van der Waals surface area contributed by atoms with Crippen molar-refractivity contribution in [3.8, 4) is 6.07 Å². The minimum atomic E-state index is -3.71. The van der Waals surface area contributed by atoms with E-state index in [1.807, 2.05) is 18.2 Å². The lowest BCUT2D eigenvalue weighted by molar-refractivity contribution is 0.122. The predicted octanol–water partition coefficient (Wildman–Crippen LogP) is 2.17. The van der Waals surface area contributed by atoms with Crippen molar-refractivity contribution in [2.45, 2.75) is 5.75 Å². The number of sulfonamides is 1. The first-order valence-electron chi connectivity index (χ1n) is 10.3. The van der Waals surface area contributed by atoms with Gasteiger partial charge in [0.25, 0.3) is 0 Å².